The third-order valence-corrected chi connectivity index (χ3v) is 3.77. The third-order valence-electron chi connectivity index (χ3n) is 3.49. The molecule has 1 N–H and O–H groups in total. The molecule has 2 aromatic rings. The van der Waals surface area contributed by atoms with E-state index in [1.165, 1.54) is 0 Å². The molecule has 6 heteroatoms. The van der Waals surface area contributed by atoms with Gasteiger partial charge in [0.05, 0.1) is 12.3 Å². The average Bonchev–Trinajstić information content (AvgIpc) is 2.45. The van der Waals surface area contributed by atoms with Crippen LogP contribution in [0.25, 0.3) is 11.4 Å². The first-order valence-electron chi connectivity index (χ1n) is 7.68. The maximum atomic E-state index is 11.1. The van der Waals surface area contributed by atoms with Crippen molar-refractivity contribution < 1.29 is 14.6 Å². The van der Waals surface area contributed by atoms with Crippen LogP contribution in [0.4, 0.5) is 0 Å². The summed E-state index contributed by atoms with van der Waals surface area (Å²) in [6, 6.07) is 7.35. The molecule has 0 saturated heterocycles. The highest BCUT2D eigenvalue weighted by atomic mass is 35.5. The van der Waals surface area contributed by atoms with Gasteiger partial charge >= 0.3 is 5.97 Å². The van der Waals surface area contributed by atoms with Crippen molar-refractivity contribution in [1.29, 1.82) is 0 Å². The highest BCUT2D eigenvalue weighted by Gasteiger charge is 2.17. The Morgan fingerprint density at radius 1 is 1.21 bits per heavy atom. The van der Waals surface area contributed by atoms with Gasteiger partial charge in [0, 0.05) is 5.56 Å². The second-order valence-corrected chi connectivity index (χ2v) is 7.15. The van der Waals surface area contributed by atoms with Crippen molar-refractivity contribution in [1.82, 2.24) is 9.97 Å². The fourth-order valence-corrected chi connectivity index (χ4v) is 2.38. The zero-order valence-corrected chi connectivity index (χ0v) is 15.0. The standard InChI is InChI=1S/C18H21ClN2O3/c1-11-14(17(22)23)15(19)21-16(20-11)12-5-7-13(8-6-12)24-10-9-18(2,3)4/h5-8H,9-10H2,1-4H3,(H,22,23). The summed E-state index contributed by atoms with van der Waals surface area (Å²) in [7, 11) is 0. The summed E-state index contributed by atoms with van der Waals surface area (Å²) in [5.41, 5.74) is 1.25. The van der Waals surface area contributed by atoms with Crippen LogP contribution < -0.4 is 4.74 Å². The van der Waals surface area contributed by atoms with Crippen molar-refractivity contribution in [2.24, 2.45) is 5.41 Å². The summed E-state index contributed by atoms with van der Waals surface area (Å²) in [6.45, 7) is 8.76. The molecule has 0 aliphatic carbocycles. The lowest BCUT2D eigenvalue weighted by atomic mass is 9.93. The number of hydrogen-bond donors (Lipinski definition) is 1. The van der Waals surface area contributed by atoms with E-state index in [4.69, 9.17) is 21.4 Å². The molecule has 0 saturated carbocycles. The van der Waals surface area contributed by atoms with Crippen molar-refractivity contribution in [2.45, 2.75) is 34.1 Å². The lowest BCUT2D eigenvalue weighted by Gasteiger charge is -2.18. The van der Waals surface area contributed by atoms with E-state index in [0.29, 0.717) is 18.1 Å². The monoisotopic (exact) mass is 348 g/mol. The third kappa shape index (κ3) is 4.68. The van der Waals surface area contributed by atoms with Crippen molar-refractivity contribution in [3.05, 3.63) is 40.7 Å². The molecule has 2 rings (SSSR count). The van der Waals surface area contributed by atoms with Gasteiger partial charge in [-0.1, -0.05) is 32.4 Å². The molecule has 0 amide bonds. The highest BCUT2D eigenvalue weighted by molar-refractivity contribution is 6.32. The largest absolute Gasteiger partial charge is 0.494 e. The minimum absolute atomic E-state index is 0.0597. The van der Waals surface area contributed by atoms with Crippen LogP contribution in [0.5, 0.6) is 5.75 Å². The van der Waals surface area contributed by atoms with Crippen molar-refractivity contribution in [3.63, 3.8) is 0 Å². The quantitative estimate of drug-likeness (QED) is 0.798. The Hall–Kier alpha value is -2.14. The molecule has 0 aliphatic rings. The fourth-order valence-electron chi connectivity index (χ4n) is 2.09. The maximum absolute atomic E-state index is 11.1. The van der Waals surface area contributed by atoms with Crippen LogP contribution in [-0.2, 0) is 0 Å². The number of nitrogens with zero attached hydrogens (tertiary/aromatic N) is 2. The molecule has 0 radical (unpaired) electrons. The van der Waals surface area contributed by atoms with E-state index in [-0.39, 0.29) is 16.1 Å². The van der Waals surface area contributed by atoms with E-state index in [1.807, 2.05) is 24.3 Å². The van der Waals surface area contributed by atoms with Gasteiger partial charge in [0.15, 0.2) is 5.82 Å². The first-order chi connectivity index (χ1) is 11.2. The normalized spacial score (nSPS) is 11.4. The Bertz CT molecular complexity index is 714. The summed E-state index contributed by atoms with van der Waals surface area (Å²) in [6.07, 6.45) is 0.962. The van der Waals surface area contributed by atoms with Crippen LogP contribution in [0.3, 0.4) is 0 Å². The number of carbonyl (C=O) groups is 1. The molecule has 0 unspecified atom stereocenters. The van der Waals surface area contributed by atoms with E-state index in [1.54, 1.807) is 6.92 Å². The van der Waals surface area contributed by atoms with E-state index in [9.17, 15) is 4.79 Å². The van der Waals surface area contributed by atoms with E-state index < -0.39 is 5.97 Å². The van der Waals surface area contributed by atoms with Crippen LogP contribution in [0, 0.1) is 12.3 Å². The predicted molar refractivity (Wildman–Crippen MR) is 93.7 cm³/mol. The van der Waals surface area contributed by atoms with Crippen LogP contribution in [0.2, 0.25) is 5.15 Å². The number of carboxylic acids is 1. The molecule has 128 valence electrons. The number of aromatic carboxylic acids is 1. The Morgan fingerprint density at radius 2 is 1.83 bits per heavy atom. The van der Waals surface area contributed by atoms with Gasteiger partial charge in [-0.15, -0.1) is 0 Å². The fraction of sp³-hybridized carbons (Fsp3) is 0.389. The summed E-state index contributed by atoms with van der Waals surface area (Å²) in [5.74, 6) is 0.0309. The number of ether oxygens (including phenoxy) is 1. The molecule has 1 aromatic heterocycles. The number of aromatic nitrogens is 2. The average molecular weight is 349 g/mol. The summed E-state index contributed by atoms with van der Waals surface area (Å²) < 4.78 is 5.73. The number of carboxylic acid groups (broad SMARTS) is 1. The maximum Gasteiger partial charge on any atom is 0.340 e. The van der Waals surface area contributed by atoms with Crippen molar-refractivity contribution in [3.8, 4) is 17.1 Å². The SMILES string of the molecule is Cc1nc(-c2ccc(OCCC(C)(C)C)cc2)nc(Cl)c1C(=O)O. The molecule has 0 atom stereocenters. The Labute approximate surface area is 146 Å². The van der Waals surface area contributed by atoms with Gasteiger partial charge in [0.2, 0.25) is 0 Å². The molecule has 0 fully saturated rings. The first-order valence-corrected chi connectivity index (χ1v) is 8.06. The van der Waals surface area contributed by atoms with E-state index in [0.717, 1.165) is 17.7 Å². The molecule has 0 aliphatic heterocycles. The van der Waals surface area contributed by atoms with Gasteiger partial charge in [-0.25, -0.2) is 14.8 Å². The first kappa shape index (κ1) is 18.2. The lowest BCUT2D eigenvalue weighted by molar-refractivity contribution is 0.0695. The van der Waals surface area contributed by atoms with Gasteiger partial charge in [-0.3, -0.25) is 0 Å². The van der Waals surface area contributed by atoms with Crippen LogP contribution in [-0.4, -0.2) is 27.7 Å². The minimum atomic E-state index is -1.13. The van der Waals surface area contributed by atoms with Gasteiger partial charge in [0.25, 0.3) is 0 Å². The second-order valence-electron chi connectivity index (χ2n) is 6.79. The molecular weight excluding hydrogens is 328 g/mol. The lowest BCUT2D eigenvalue weighted by Crippen LogP contribution is -2.11. The summed E-state index contributed by atoms with van der Waals surface area (Å²) in [4.78, 5) is 19.4. The highest BCUT2D eigenvalue weighted by Crippen LogP contribution is 2.25. The van der Waals surface area contributed by atoms with Crippen LogP contribution >= 0.6 is 11.6 Å². The molecule has 1 heterocycles. The van der Waals surface area contributed by atoms with E-state index >= 15 is 0 Å². The zero-order chi connectivity index (χ0) is 17.9. The molecule has 24 heavy (non-hydrogen) atoms. The molecule has 1 aromatic carbocycles. The number of aryl methyl sites for hydroxylation is 1. The number of hydrogen-bond acceptors (Lipinski definition) is 4. The topological polar surface area (TPSA) is 72.3 Å². The zero-order valence-electron chi connectivity index (χ0n) is 14.3. The number of halogens is 1. The smallest absolute Gasteiger partial charge is 0.340 e. The van der Waals surface area contributed by atoms with Gasteiger partial charge in [-0.2, -0.15) is 0 Å². The van der Waals surface area contributed by atoms with Crippen molar-refractivity contribution in [2.75, 3.05) is 6.61 Å². The molecule has 5 nitrogen and oxygen atoms in total. The van der Waals surface area contributed by atoms with Gasteiger partial charge in [-0.05, 0) is 43.0 Å². The Morgan fingerprint density at radius 3 is 2.33 bits per heavy atom. The number of rotatable bonds is 5. The molecule has 0 spiro atoms. The molecule has 0 bridgehead atoms. The minimum Gasteiger partial charge on any atom is -0.494 e. The number of benzene rings is 1. The van der Waals surface area contributed by atoms with Gasteiger partial charge < -0.3 is 9.84 Å². The Kier molecular flexibility index (Phi) is 5.44. The van der Waals surface area contributed by atoms with Crippen molar-refractivity contribution >= 4 is 17.6 Å². The molecular formula is C18H21ClN2O3. The van der Waals surface area contributed by atoms with Gasteiger partial charge in [0.1, 0.15) is 16.5 Å². The Balaban J connectivity index is 2.15. The van der Waals surface area contributed by atoms with Crippen LogP contribution in [0.1, 0.15) is 43.2 Å². The summed E-state index contributed by atoms with van der Waals surface area (Å²) in [5, 5.41) is 9.04. The second kappa shape index (κ2) is 7.18. The summed E-state index contributed by atoms with van der Waals surface area (Å²) >= 11 is 5.97. The predicted octanol–water partition coefficient (Wildman–Crippen LogP) is 4.62. The van der Waals surface area contributed by atoms with Crippen LogP contribution in [0.15, 0.2) is 24.3 Å². The van der Waals surface area contributed by atoms with E-state index in [2.05, 4.69) is 30.7 Å².